The van der Waals surface area contributed by atoms with Crippen molar-refractivity contribution < 1.29 is 13.5 Å². The number of aromatic nitrogens is 6. The van der Waals surface area contributed by atoms with Crippen molar-refractivity contribution in [3.63, 3.8) is 0 Å². The summed E-state index contributed by atoms with van der Waals surface area (Å²) < 4.78 is 31.3. The Morgan fingerprint density at radius 2 is 1.83 bits per heavy atom. The van der Waals surface area contributed by atoms with E-state index < -0.39 is 13.0 Å². The van der Waals surface area contributed by atoms with Crippen LogP contribution in [0.1, 0.15) is 0 Å². The molecule has 3 N–H and O–H groups in total. The summed E-state index contributed by atoms with van der Waals surface area (Å²) in [6.45, 7) is 0.546. The van der Waals surface area contributed by atoms with Crippen molar-refractivity contribution in [3.05, 3.63) is 54.9 Å². The van der Waals surface area contributed by atoms with E-state index in [2.05, 4.69) is 30.4 Å². The molecule has 12 heteroatoms. The molecule has 0 atom stereocenters. The first kappa shape index (κ1) is 22.6. The van der Waals surface area contributed by atoms with Crippen LogP contribution in [0.2, 0.25) is 0 Å². The largest absolute Gasteiger partial charge is 0.369 e. The zero-order valence-corrected chi connectivity index (χ0v) is 18.8. The van der Waals surface area contributed by atoms with Crippen LogP contribution in [0.25, 0.3) is 22.6 Å². The summed E-state index contributed by atoms with van der Waals surface area (Å²) in [5.41, 5.74) is 8.94. The highest BCUT2D eigenvalue weighted by molar-refractivity contribution is 5.66. The predicted molar refractivity (Wildman–Crippen MR) is 127 cm³/mol. The second-order valence-electron chi connectivity index (χ2n) is 8.04. The molecular formula is C23H23F2N9O. The predicted octanol–water partition coefficient (Wildman–Crippen LogP) is 3.13. The van der Waals surface area contributed by atoms with Crippen molar-refractivity contribution in [2.24, 2.45) is 7.05 Å². The number of nitrogens with zero attached hydrogens (tertiary/aromatic N) is 7. The number of nitrogens with one attached hydrogen (secondary N) is 1. The second-order valence-corrected chi connectivity index (χ2v) is 8.04. The van der Waals surface area contributed by atoms with E-state index in [1.54, 1.807) is 30.2 Å². The molecule has 0 radical (unpaired) electrons. The smallest absolute Gasteiger partial charge is 0.261 e. The summed E-state index contributed by atoms with van der Waals surface area (Å²) in [7, 11) is 1.80. The first-order valence-corrected chi connectivity index (χ1v) is 10.9. The average Bonchev–Trinajstić information content (AvgIpc) is 3.19. The van der Waals surface area contributed by atoms with Crippen molar-refractivity contribution in [2.45, 2.75) is 12.5 Å². The molecule has 1 saturated heterocycles. The Bertz CT molecular complexity index is 1290. The van der Waals surface area contributed by atoms with Crippen LogP contribution in [0, 0.1) is 0 Å². The monoisotopic (exact) mass is 479 g/mol. The van der Waals surface area contributed by atoms with Crippen LogP contribution in [-0.2, 0) is 11.8 Å². The zero-order valence-electron chi connectivity index (χ0n) is 18.8. The van der Waals surface area contributed by atoms with Crippen LogP contribution in [0.4, 0.5) is 32.2 Å². The lowest BCUT2D eigenvalue weighted by Crippen LogP contribution is -2.53. The van der Waals surface area contributed by atoms with Crippen molar-refractivity contribution in [1.82, 2.24) is 29.7 Å². The van der Waals surface area contributed by atoms with Crippen LogP contribution in [0.15, 0.2) is 54.9 Å². The standard InChI is InChI=1S/C23H23F2N9O/c1-33-23(29-16-5-2-14(3-6-16)18-8-9-27-22(26)30-18)31-21(32-33)15-4-7-20(28-10-15)34-11-17(12-34)35-13-19(24)25/h2-10,17,19H,11-13H2,1H3,(H2,26,27,30)(H,29,31,32). The van der Waals surface area contributed by atoms with E-state index in [0.29, 0.717) is 24.9 Å². The van der Waals surface area contributed by atoms with E-state index in [1.165, 1.54) is 0 Å². The molecule has 35 heavy (non-hydrogen) atoms. The maximum Gasteiger partial charge on any atom is 0.261 e. The van der Waals surface area contributed by atoms with E-state index in [0.717, 1.165) is 28.3 Å². The molecule has 0 saturated carbocycles. The number of anilines is 4. The molecule has 1 aromatic carbocycles. The van der Waals surface area contributed by atoms with Gasteiger partial charge < -0.3 is 20.7 Å². The SMILES string of the molecule is Cn1nc(-c2ccc(N3CC(OCC(F)F)C3)nc2)nc1Nc1ccc(-c2ccnc(N)n2)cc1. The van der Waals surface area contributed by atoms with Gasteiger partial charge in [-0.2, -0.15) is 4.98 Å². The van der Waals surface area contributed by atoms with E-state index in [4.69, 9.17) is 10.5 Å². The topological polar surface area (TPSA) is 120 Å². The summed E-state index contributed by atoms with van der Waals surface area (Å²) in [6, 6.07) is 13.3. The third-order valence-corrected chi connectivity index (χ3v) is 5.51. The van der Waals surface area contributed by atoms with Crippen LogP contribution in [0.3, 0.4) is 0 Å². The minimum atomic E-state index is -2.45. The summed E-state index contributed by atoms with van der Waals surface area (Å²) in [6.07, 6.45) is 0.683. The lowest BCUT2D eigenvalue weighted by molar-refractivity contribution is -0.0337. The molecule has 1 aliphatic heterocycles. The van der Waals surface area contributed by atoms with Gasteiger partial charge in [0.1, 0.15) is 12.4 Å². The van der Waals surface area contributed by atoms with Gasteiger partial charge in [-0.15, -0.1) is 5.10 Å². The Labute approximate surface area is 199 Å². The van der Waals surface area contributed by atoms with Gasteiger partial charge in [-0.25, -0.2) is 28.4 Å². The van der Waals surface area contributed by atoms with E-state index in [-0.39, 0.29) is 12.1 Å². The average molecular weight is 479 g/mol. The van der Waals surface area contributed by atoms with Gasteiger partial charge in [0.2, 0.25) is 11.9 Å². The third kappa shape index (κ3) is 5.17. The summed E-state index contributed by atoms with van der Waals surface area (Å²) in [5, 5.41) is 7.74. The molecule has 0 aliphatic carbocycles. The molecule has 1 aliphatic rings. The second kappa shape index (κ2) is 9.58. The van der Waals surface area contributed by atoms with Gasteiger partial charge in [0.05, 0.1) is 11.8 Å². The molecule has 180 valence electrons. The van der Waals surface area contributed by atoms with Gasteiger partial charge >= 0.3 is 0 Å². The summed E-state index contributed by atoms with van der Waals surface area (Å²) in [4.78, 5) is 19.2. The quantitative estimate of drug-likeness (QED) is 0.393. The van der Waals surface area contributed by atoms with Crippen LogP contribution in [0.5, 0.6) is 0 Å². The maximum absolute atomic E-state index is 12.2. The number of benzene rings is 1. The number of alkyl halides is 2. The zero-order chi connectivity index (χ0) is 24.4. The molecule has 4 aromatic rings. The molecular weight excluding hydrogens is 456 g/mol. The molecule has 0 amide bonds. The number of hydrogen-bond donors (Lipinski definition) is 2. The maximum atomic E-state index is 12.2. The number of hydrogen-bond acceptors (Lipinski definition) is 9. The Balaban J connectivity index is 1.22. The number of pyridine rings is 1. The minimum absolute atomic E-state index is 0.190. The molecule has 0 bridgehead atoms. The highest BCUT2D eigenvalue weighted by Gasteiger charge is 2.29. The summed E-state index contributed by atoms with van der Waals surface area (Å²) >= 11 is 0. The normalized spacial score (nSPS) is 13.8. The van der Waals surface area contributed by atoms with Crippen molar-refractivity contribution >= 4 is 23.4 Å². The Morgan fingerprint density at radius 3 is 2.51 bits per heavy atom. The fraction of sp³-hybridized carbons (Fsp3) is 0.261. The number of nitrogen functional groups attached to an aromatic ring is 1. The van der Waals surface area contributed by atoms with E-state index in [1.807, 2.05) is 41.3 Å². The van der Waals surface area contributed by atoms with Gasteiger partial charge in [0, 0.05) is 49.3 Å². The van der Waals surface area contributed by atoms with E-state index >= 15 is 0 Å². The highest BCUT2D eigenvalue weighted by Crippen LogP contribution is 2.25. The number of nitrogens with two attached hydrogens (primary N) is 1. The fourth-order valence-corrected chi connectivity index (χ4v) is 3.65. The molecule has 10 nitrogen and oxygen atoms in total. The highest BCUT2D eigenvalue weighted by atomic mass is 19.3. The Morgan fingerprint density at radius 1 is 1.06 bits per heavy atom. The van der Waals surface area contributed by atoms with Gasteiger partial charge in [-0.3, -0.25) is 0 Å². The number of rotatable bonds is 8. The van der Waals surface area contributed by atoms with Crippen LogP contribution < -0.4 is 16.0 Å². The molecule has 3 aromatic heterocycles. The molecule has 5 rings (SSSR count). The van der Waals surface area contributed by atoms with Crippen molar-refractivity contribution in [1.29, 1.82) is 0 Å². The minimum Gasteiger partial charge on any atom is -0.369 e. The number of halogens is 2. The van der Waals surface area contributed by atoms with Crippen molar-refractivity contribution in [2.75, 3.05) is 35.6 Å². The number of aryl methyl sites for hydroxylation is 1. The van der Waals surface area contributed by atoms with Gasteiger partial charge in [0.15, 0.2) is 5.82 Å². The third-order valence-electron chi connectivity index (χ3n) is 5.51. The molecule has 0 unspecified atom stereocenters. The van der Waals surface area contributed by atoms with Crippen LogP contribution >= 0.6 is 0 Å². The first-order valence-electron chi connectivity index (χ1n) is 10.9. The van der Waals surface area contributed by atoms with Crippen LogP contribution in [-0.4, -0.2) is 61.9 Å². The lowest BCUT2D eigenvalue weighted by Gasteiger charge is -2.39. The van der Waals surface area contributed by atoms with Gasteiger partial charge in [-0.1, -0.05) is 12.1 Å². The summed E-state index contributed by atoms with van der Waals surface area (Å²) in [5.74, 6) is 2.09. The molecule has 1 fully saturated rings. The fourth-order valence-electron chi connectivity index (χ4n) is 3.65. The van der Waals surface area contributed by atoms with E-state index in [9.17, 15) is 8.78 Å². The molecule has 4 heterocycles. The number of ether oxygens (including phenoxy) is 1. The Hall–Kier alpha value is -4.19. The lowest BCUT2D eigenvalue weighted by atomic mass is 10.1. The van der Waals surface area contributed by atoms with Crippen molar-refractivity contribution in [3.8, 4) is 22.6 Å². The molecule has 0 spiro atoms. The first-order chi connectivity index (χ1) is 16.9. The Kier molecular flexibility index (Phi) is 6.19. The van der Waals surface area contributed by atoms with Gasteiger partial charge in [0.25, 0.3) is 6.43 Å². The van der Waals surface area contributed by atoms with Gasteiger partial charge in [-0.05, 0) is 30.3 Å².